The van der Waals surface area contributed by atoms with Crippen molar-refractivity contribution in [3.05, 3.63) is 82.3 Å². The average Bonchev–Trinajstić information content (AvgIpc) is 3.20. The summed E-state index contributed by atoms with van der Waals surface area (Å²) in [4.78, 5) is 17.1. The third kappa shape index (κ3) is 3.41. The number of hydrogen-bond acceptors (Lipinski definition) is 3. The molecule has 3 aliphatic rings. The Morgan fingerprint density at radius 3 is 2.60 bits per heavy atom. The Balaban J connectivity index is 1.41. The molecule has 0 aromatic heterocycles. The summed E-state index contributed by atoms with van der Waals surface area (Å²) in [6.07, 6.45) is 5.16. The number of carbonyl (C=O) groups is 1. The van der Waals surface area contributed by atoms with Crippen LogP contribution in [-0.2, 0) is 11.4 Å². The minimum absolute atomic E-state index is 0.0944. The van der Waals surface area contributed by atoms with Crippen LogP contribution in [0.3, 0.4) is 0 Å². The molecule has 0 saturated heterocycles. The molecule has 2 aliphatic carbocycles. The van der Waals surface area contributed by atoms with Gasteiger partial charge in [-0.3, -0.25) is 4.79 Å². The molecule has 0 N–H and O–H groups in total. The van der Waals surface area contributed by atoms with E-state index in [-0.39, 0.29) is 11.5 Å². The van der Waals surface area contributed by atoms with Gasteiger partial charge in [0.25, 0.3) is 0 Å². The van der Waals surface area contributed by atoms with Gasteiger partial charge < -0.3 is 4.74 Å². The number of hydrogen-bond donors (Lipinski definition) is 0. The molecule has 1 aliphatic heterocycles. The average molecular weight is 401 g/mol. The summed E-state index contributed by atoms with van der Waals surface area (Å²) < 4.78 is 20.5. The Morgan fingerprint density at radius 2 is 1.90 bits per heavy atom. The normalized spacial score (nSPS) is 18.6. The number of ether oxygens (including phenoxy) is 1. The van der Waals surface area contributed by atoms with Crippen molar-refractivity contribution in [3.8, 4) is 5.75 Å². The van der Waals surface area contributed by atoms with E-state index in [9.17, 15) is 9.18 Å². The van der Waals surface area contributed by atoms with Crippen LogP contribution in [0, 0.1) is 11.7 Å². The fourth-order valence-corrected chi connectivity index (χ4v) is 4.57. The van der Waals surface area contributed by atoms with Crippen LogP contribution in [0.5, 0.6) is 5.75 Å². The quantitative estimate of drug-likeness (QED) is 0.591. The van der Waals surface area contributed by atoms with E-state index in [1.165, 1.54) is 30.9 Å². The van der Waals surface area contributed by atoms with Gasteiger partial charge in [-0.05, 0) is 42.5 Å². The highest BCUT2D eigenvalue weighted by atomic mass is 19.1. The molecule has 0 bridgehead atoms. The molecule has 0 radical (unpaired) electrons. The van der Waals surface area contributed by atoms with Crippen molar-refractivity contribution in [3.63, 3.8) is 0 Å². The van der Waals surface area contributed by atoms with Gasteiger partial charge in [0.1, 0.15) is 12.3 Å². The zero-order chi connectivity index (χ0) is 20.7. The summed E-state index contributed by atoms with van der Waals surface area (Å²) in [6, 6.07) is 14.8. The van der Waals surface area contributed by atoms with Crippen LogP contribution in [0.2, 0.25) is 0 Å². The highest BCUT2D eigenvalue weighted by Crippen LogP contribution is 2.45. The Kier molecular flexibility index (Phi) is 4.86. The lowest BCUT2D eigenvalue weighted by atomic mass is 9.79. The van der Waals surface area contributed by atoms with Crippen molar-refractivity contribution in [2.75, 3.05) is 0 Å². The molecular formula is C26H24FNO2. The van der Waals surface area contributed by atoms with E-state index in [1.807, 2.05) is 43.3 Å². The first-order chi connectivity index (χ1) is 14.6. The van der Waals surface area contributed by atoms with Gasteiger partial charge in [-0.25, -0.2) is 9.38 Å². The molecular weight excluding hydrogens is 377 g/mol. The summed E-state index contributed by atoms with van der Waals surface area (Å²) in [5.74, 6) is 0.595. The summed E-state index contributed by atoms with van der Waals surface area (Å²) in [5, 5.41) is 0. The molecule has 0 atom stereocenters. The Hall–Kier alpha value is -3.01. The molecule has 1 saturated carbocycles. The number of halogens is 1. The SMILES string of the molecule is CC1=C(c2ccc(OCc3ccccc3)c(F)c2)C2=C(CC3CCC3)CC(=O)C2=N1. The first-order valence-electron chi connectivity index (χ1n) is 10.6. The fourth-order valence-electron chi connectivity index (χ4n) is 4.57. The maximum absolute atomic E-state index is 14.9. The van der Waals surface area contributed by atoms with E-state index in [0.29, 0.717) is 24.7 Å². The second-order valence-corrected chi connectivity index (χ2v) is 8.42. The fraction of sp³-hybridized carbons (Fsp3) is 0.308. The molecule has 3 nitrogen and oxygen atoms in total. The Morgan fingerprint density at radius 1 is 1.10 bits per heavy atom. The van der Waals surface area contributed by atoms with Crippen molar-refractivity contribution < 1.29 is 13.9 Å². The Labute approximate surface area is 176 Å². The number of carbonyl (C=O) groups excluding carboxylic acids is 1. The number of rotatable bonds is 6. The summed E-state index contributed by atoms with van der Waals surface area (Å²) in [5.41, 5.74) is 6.15. The maximum atomic E-state index is 14.9. The number of fused-ring (bicyclic) bond motifs is 1. The smallest absolute Gasteiger partial charge is 0.185 e. The minimum atomic E-state index is -0.400. The lowest BCUT2D eigenvalue weighted by molar-refractivity contribution is -0.112. The van der Waals surface area contributed by atoms with Crippen molar-refractivity contribution in [2.24, 2.45) is 10.9 Å². The number of ketones is 1. The zero-order valence-electron chi connectivity index (χ0n) is 17.1. The van der Waals surface area contributed by atoms with Crippen LogP contribution in [0.15, 0.2) is 70.4 Å². The first-order valence-corrected chi connectivity index (χ1v) is 10.6. The molecule has 1 fully saturated rings. The van der Waals surface area contributed by atoms with Gasteiger partial charge in [-0.15, -0.1) is 0 Å². The predicted octanol–water partition coefficient (Wildman–Crippen LogP) is 6.05. The van der Waals surface area contributed by atoms with Gasteiger partial charge in [0.15, 0.2) is 17.3 Å². The summed E-state index contributed by atoms with van der Waals surface area (Å²) in [6.45, 7) is 2.22. The van der Waals surface area contributed by atoms with E-state index < -0.39 is 5.82 Å². The standard InChI is InChI=1S/C26H24FNO2/c1-16-24(25-20(12-17-8-5-9-17)14-22(29)26(25)28-16)19-10-11-23(21(27)13-19)30-15-18-6-3-2-4-7-18/h2-4,6-7,10-11,13,17H,5,8-9,12,14-15H2,1H3. The van der Waals surface area contributed by atoms with Crippen molar-refractivity contribution in [1.82, 2.24) is 0 Å². The third-order valence-corrected chi connectivity index (χ3v) is 6.34. The number of benzene rings is 2. The lowest BCUT2D eigenvalue weighted by Gasteiger charge is -2.26. The van der Waals surface area contributed by atoms with Crippen LogP contribution in [0.25, 0.3) is 5.57 Å². The minimum Gasteiger partial charge on any atom is -0.486 e. The molecule has 2 aromatic rings. The van der Waals surface area contributed by atoms with Crippen LogP contribution < -0.4 is 4.74 Å². The monoisotopic (exact) mass is 401 g/mol. The van der Waals surface area contributed by atoms with Gasteiger partial charge in [0, 0.05) is 23.3 Å². The molecule has 0 unspecified atom stereocenters. The number of aliphatic imine (C=N–C) groups is 1. The molecule has 2 aromatic carbocycles. The lowest BCUT2D eigenvalue weighted by Crippen LogP contribution is -2.12. The van der Waals surface area contributed by atoms with Crippen molar-refractivity contribution in [1.29, 1.82) is 0 Å². The van der Waals surface area contributed by atoms with Crippen LogP contribution >= 0.6 is 0 Å². The highest BCUT2D eigenvalue weighted by molar-refractivity contribution is 6.54. The summed E-state index contributed by atoms with van der Waals surface area (Å²) in [7, 11) is 0. The van der Waals surface area contributed by atoms with Crippen LogP contribution in [-0.4, -0.2) is 11.5 Å². The van der Waals surface area contributed by atoms with E-state index in [1.54, 1.807) is 6.07 Å². The second kappa shape index (κ2) is 7.67. The highest BCUT2D eigenvalue weighted by Gasteiger charge is 2.37. The molecule has 0 amide bonds. The second-order valence-electron chi connectivity index (χ2n) is 8.42. The molecule has 1 heterocycles. The number of nitrogens with zero attached hydrogens (tertiary/aromatic N) is 1. The number of allylic oxidation sites excluding steroid dienone is 4. The largest absolute Gasteiger partial charge is 0.486 e. The molecule has 0 spiro atoms. The van der Waals surface area contributed by atoms with Crippen molar-refractivity contribution in [2.45, 2.75) is 45.6 Å². The van der Waals surface area contributed by atoms with Crippen LogP contribution in [0.4, 0.5) is 4.39 Å². The molecule has 152 valence electrons. The predicted molar refractivity (Wildman–Crippen MR) is 116 cm³/mol. The van der Waals surface area contributed by atoms with E-state index >= 15 is 0 Å². The topological polar surface area (TPSA) is 38.7 Å². The van der Waals surface area contributed by atoms with Crippen LogP contribution in [0.1, 0.15) is 50.2 Å². The molecule has 4 heteroatoms. The van der Waals surface area contributed by atoms with Gasteiger partial charge in [0.05, 0.1) is 0 Å². The van der Waals surface area contributed by atoms with Gasteiger partial charge >= 0.3 is 0 Å². The molecule has 30 heavy (non-hydrogen) atoms. The van der Waals surface area contributed by atoms with Gasteiger partial charge in [-0.2, -0.15) is 0 Å². The van der Waals surface area contributed by atoms with Gasteiger partial charge in [0.2, 0.25) is 0 Å². The van der Waals surface area contributed by atoms with E-state index in [0.717, 1.165) is 34.4 Å². The zero-order valence-corrected chi connectivity index (χ0v) is 17.1. The first kappa shape index (κ1) is 19.0. The van der Waals surface area contributed by atoms with E-state index in [2.05, 4.69) is 4.99 Å². The van der Waals surface area contributed by atoms with E-state index in [4.69, 9.17) is 4.74 Å². The molecule has 5 rings (SSSR count). The summed E-state index contributed by atoms with van der Waals surface area (Å²) >= 11 is 0. The Bertz CT molecular complexity index is 1110. The third-order valence-electron chi connectivity index (χ3n) is 6.34. The van der Waals surface area contributed by atoms with Gasteiger partial charge in [-0.1, -0.05) is 61.2 Å². The number of Topliss-reactive ketones (excluding diaryl/α,β-unsaturated/α-hetero) is 1. The van der Waals surface area contributed by atoms with Crippen molar-refractivity contribution >= 4 is 17.1 Å². The maximum Gasteiger partial charge on any atom is 0.185 e.